The Labute approximate surface area is 205 Å². The molecule has 1 N–H and O–H groups in total. The lowest BCUT2D eigenvalue weighted by atomic mass is 9.97. The number of para-hydroxylation sites is 1. The van der Waals surface area contributed by atoms with Gasteiger partial charge >= 0.3 is 0 Å². The number of anilines is 1. The van der Waals surface area contributed by atoms with Crippen LogP contribution in [0.15, 0.2) is 54.6 Å². The summed E-state index contributed by atoms with van der Waals surface area (Å²) in [6.07, 6.45) is 2.30. The zero-order valence-corrected chi connectivity index (χ0v) is 21.1. The van der Waals surface area contributed by atoms with Gasteiger partial charge in [-0.25, -0.2) is 9.97 Å². The summed E-state index contributed by atoms with van der Waals surface area (Å²) in [5.74, 6) is 2.49. The molecule has 1 aliphatic rings. The van der Waals surface area contributed by atoms with E-state index in [2.05, 4.69) is 95.6 Å². The van der Waals surface area contributed by atoms with E-state index in [0.29, 0.717) is 5.92 Å². The van der Waals surface area contributed by atoms with Crippen LogP contribution in [0.5, 0.6) is 0 Å². The van der Waals surface area contributed by atoms with Crippen molar-refractivity contribution in [1.29, 1.82) is 0 Å². The Bertz CT molecular complexity index is 1010. The molecule has 1 fully saturated rings. The van der Waals surface area contributed by atoms with Crippen LogP contribution in [0.3, 0.4) is 0 Å². The standard InChI is InChI=1S/C28H40N6/c1-23(24-10-5-4-6-11-24)14-17-33-18-20-34(21-19-33)22-27-30-26-13-8-7-12-25(26)28(31-27)29-15-9-16-32(2)3/h4-8,10-13,23H,9,14-22H2,1-3H3,(H,29,30,31). The van der Waals surface area contributed by atoms with Crippen LogP contribution in [0.2, 0.25) is 0 Å². The van der Waals surface area contributed by atoms with Gasteiger partial charge in [0.15, 0.2) is 0 Å². The van der Waals surface area contributed by atoms with Crippen LogP contribution in [-0.2, 0) is 6.54 Å². The van der Waals surface area contributed by atoms with Crippen molar-refractivity contribution in [2.45, 2.75) is 32.2 Å². The SMILES string of the molecule is CC(CCN1CCN(Cc2nc(NCCCN(C)C)c3ccccc3n2)CC1)c1ccccc1. The summed E-state index contributed by atoms with van der Waals surface area (Å²) in [5, 5.41) is 4.67. The van der Waals surface area contributed by atoms with Gasteiger partial charge in [0.2, 0.25) is 0 Å². The second kappa shape index (κ2) is 12.2. The summed E-state index contributed by atoms with van der Waals surface area (Å²) >= 11 is 0. The minimum atomic E-state index is 0.605. The molecule has 4 rings (SSSR count). The average molecular weight is 461 g/mol. The average Bonchev–Trinajstić information content (AvgIpc) is 2.86. The molecule has 1 atom stereocenters. The third kappa shape index (κ3) is 6.98. The van der Waals surface area contributed by atoms with E-state index in [1.807, 2.05) is 0 Å². The third-order valence-electron chi connectivity index (χ3n) is 6.80. The Morgan fingerprint density at radius 2 is 1.62 bits per heavy atom. The maximum Gasteiger partial charge on any atom is 0.145 e. The molecule has 0 bridgehead atoms. The van der Waals surface area contributed by atoms with Crippen molar-refractivity contribution in [3.8, 4) is 0 Å². The minimum absolute atomic E-state index is 0.605. The largest absolute Gasteiger partial charge is 0.369 e. The maximum atomic E-state index is 4.93. The van der Waals surface area contributed by atoms with E-state index in [-0.39, 0.29) is 0 Å². The second-order valence-electron chi connectivity index (χ2n) is 9.81. The molecule has 1 unspecified atom stereocenters. The Balaban J connectivity index is 1.30. The Kier molecular flexibility index (Phi) is 8.85. The van der Waals surface area contributed by atoms with Gasteiger partial charge in [-0.2, -0.15) is 0 Å². The molecule has 0 radical (unpaired) electrons. The van der Waals surface area contributed by atoms with E-state index in [0.717, 1.165) is 81.3 Å². The van der Waals surface area contributed by atoms with E-state index >= 15 is 0 Å². The first-order valence-corrected chi connectivity index (χ1v) is 12.7. The van der Waals surface area contributed by atoms with E-state index in [9.17, 15) is 0 Å². The molecule has 6 nitrogen and oxygen atoms in total. The zero-order chi connectivity index (χ0) is 23.8. The predicted molar refractivity (Wildman–Crippen MR) is 142 cm³/mol. The molecule has 1 saturated heterocycles. The third-order valence-corrected chi connectivity index (χ3v) is 6.80. The fourth-order valence-electron chi connectivity index (χ4n) is 4.63. The molecule has 1 aliphatic heterocycles. The molecule has 182 valence electrons. The molecule has 2 heterocycles. The molecule has 0 amide bonds. The summed E-state index contributed by atoms with van der Waals surface area (Å²) < 4.78 is 0. The van der Waals surface area contributed by atoms with E-state index in [1.54, 1.807) is 0 Å². The van der Waals surface area contributed by atoms with Crippen LogP contribution in [0.4, 0.5) is 5.82 Å². The van der Waals surface area contributed by atoms with Gasteiger partial charge in [-0.15, -0.1) is 0 Å². The molecule has 34 heavy (non-hydrogen) atoms. The first-order valence-electron chi connectivity index (χ1n) is 12.7. The van der Waals surface area contributed by atoms with Gasteiger partial charge in [0, 0.05) is 38.1 Å². The highest BCUT2D eigenvalue weighted by Crippen LogP contribution is 2.22. The summed E-state index contributed by atoms with van der Waals surface area (Å²) in [5.41, 5.74) is 2.47. The van der Waals surface area contributed by atoms with Crippen molar-refractivity contribution in [1.82, 2.24) is 24.7 Å². The van der Waals surface area contributed by atoms with E-state index < -0.39 is 0 Å². The summed E-state index contributed by atoms with van der Waals surface area (Å²) in [7, 11) is 4.23. The Morgan fingerprint density at radius 1 is 0.912 bits per heavy atom. The van der Waals surface area contributed by atoms with Crippen molar-refractivity contribution >= 4 is 16.7 Å². The molecular formula is C28H40N6. The molecular weight excluding hydrogens is 420 g/mol. The summed E-state index contributed by atoms with van der Waals surface area (Å²) in [6.45, 7) is 10.7. The van der Waals surface area contributed by atoms with Crippen LogP contribution in [0.25, 0.3) is 10.9 Å². The molecule has 6 heteroatoms. The number of rotatable bonds is 11. The number of hydrogen-bond acceptors (Lipinski definition) is 6. The highest BCUT2D eigenvalue weighted by molar-refractivity contribution is 5.88. The van der Waals surface area contributed by atoms with Crippen molar-refractivity contribution in [2.24, 2.45) is 0 Å². The lowest BCUT2D eigenvalue weighted by molar-refractivity contribution is 0.122. The van der Waals surface area contributed by atoms with Gasteiger partial charge in [-0.05, 0) is 63.6 Å². The smallest absolute Gasteiger partial charge is 0.145 e. The van der Waals surface area contributed by atoms with Crippen LogP contribution in [0, 0.1) is 0 Å². The number of fused-ring (bicyclic) bond motifs is 1. The predicted octanol–water partition coefficient (Wildman–Crippen LogP) is 4.30. The van der Waals surface area contributed by atoms with Gasteiger partial charge in [0.25, 0.3) is 0 Å². The van der Waals surface area contributed by atoms with Gasteiger partial charge in [-0.3, -0.25) is 4.90 Å². The fourth-order valence-corrected chi connectivity index (χ4v) is 4.63. The van der Waals surface area contributed by atoms with Gasteiger partial charge in [-0.1, -0.05) is 49.4 Å². The fraction of sp³-hybridized carbons (Fsp3) is 0.500. The van der Waals surface area contributed by atoms with Crippen molar-refractivity contribution < 1.29 is 0 Å². The highest BCUT2D eigenvalue weighted by atomic mass is 15.3. The first kappa shape index (κ1) is 24.6. The van der Waals surface area contributed by atoms with Crippen LogP contribution < -0.4 is 5.32 Å². The normalized spacial score (nSPS) is 16.2. The Morgan fingerprint density at radius 3 is 2.38 bits per heavy atom. The molecule has 3 aromatic rings. The van der Waals surface area contributed by atoms with Gasteiger partial charge < -0.3 is 15.1 Å². The van der Waals surface area contributed by atoms with Crippen LogP contribution in [-0.4, -0.2) is 84.6 Å². The van der Waals surface area contributed by atoms with E-state index in [1.165, 1.54) is 12.0 Å². The summed E-state index contributed by atoms with van der Waals surface area (Å²) in [4.78, 5) is 17.1. The lowest BCUT2D eigenvalue weighted by Crippen LogP contribution is -2.46. The molecule has 2 aromatic carbocycles. The van der Waals surface area contributed by atoms with Crippen molar-refractivity contribution in [3.05, 3.63) is 66.0 Å². The quantitative estimate of drug-likeness (QED) is 0.431. The highest BCUT2D eigenvalue weighted by Gasteiger charge is 2.19. The monoisotopic (exact) mass is 460 g/mol. The summed E-state index contributed by atoms with van der Waals surface area (Å²) in [6, 6.07) is 19.2. The number of nitrogens with one attached hydrogen (secondary N) is 1. The first-order chi connectivity index (χ1) is 16.6. The molecule has 0 saturated carbocycles. The van der Waals surface area contributed by atoms with E-state index in [4.69, 9.17) is 9.97 Å². The van der Waals surface area contributed by atoms with Crippen LogP contribution >= 0.6 is 0 Å². The number of benzene rings is 2. The molecule has 0 aliphatic carbocycles. The number of aromatic nitrogens is 2. The van der Waals surface area contributed by atoms with Gasteiger partial charge in [0.05, 0.1) is 12.1 Å². The van der Waals surface area contributed by atoms with Crippen molar-refractivity contribution in [3.63, 3.8) is 0 Å². The molecule has 0 spiro atoms. The van der Waals surface area contributed by atoms with Crippen LogP contribution in [0.1, 0.15) is 37.1 Å². The number of nitrogens with zero attached hydrogens (tertiary/aromatic N) is 5. The molecule has 1 aromatic heterocycles. The lowest BCUT2D eigenvalue weighted by Gasteiger charge is -2.34. The number of hydrogen-bond donors (Lipinski definition) is 1. The van der Waals surface area contributed by atoms with Gasteiger partial charge in [0.1, 0.15) is 11.6 Å². The van der Waals surface area contributed by atoms with Crippen molar-refractivity contribution in [2.75, 3.05) is 65.2 Å². The number of piperazine rings is 1. The topological polar surface area (TPSA) is 47.5 Å². The minimum Gasteiger partial charge on any atom is -0.369 e. The second-order valence-corrected chi connectivity index (χ2v) is 9.81. The zero-order valence-electron chi connectivity index (χ0n) is 21.1. The maximum absolute atomic E-state index is 4.93. The Hall–Kier alpha value is -2.54.